The van der Waals surface area contributed by atoms with E-state index in [-0.39, 0.29) is 32.1 Å². The van der Waals surface area contributed by atoms with Gasteiger partial charge in [-0.1, -0.05) is 49.4 Å². The number of cyclic esters (lactones) is 1. The lowest BCUT2D eigenvalue weighted by Crippen LogP contribution is -2.32. The smallest absolute Gasteiger partial charge is 0.416 e. The fourth-order valence-electron chi connectivity index (χ4n) is 3.88. The normalized spacial score (nSPS) is 14.7. The van der Waals surface area contributed by atoms with Crippen LogP contribution in [-0.2, 0) is 16.1 Å². The number of aromatic nitrogens is 1. The molecule has 11 heteroatoms. The maximum absolute atomic E-state index is 13.0. The molecule has 1 aromatic carbocycles. The van der Waals surface area contributed by atoms with Gasteiger partial charge >= 0.3 is 12.3 Å². The maximum Gasteiger partial charge on any atom is 0.416 e. The molecule has 4 rings (SSSR count). The molecule has 0 bridgehead atoms. The second kappa shape index (κ2) is 15.0. The van der Waals surface area contributed by atoms with Crippen LogP contribution in [0.3, 0.4) is 0 Å². The van der Waals surface area contributed by atoms with Crippen molar-refractivity contribution in [1.82, 2.24) is 10.1 Å². The van der Waals surface area contributed by atoms with E-state index < -0.39 is 23.8 Å². The fourth-order valence-corrected chi connectivity index (χ4v) is 4.72. The third kappa shape index (κ3) is 8.94. The van der Waals surface area contributed by atoms with Gasteiger partial charge in [0.25, 0.3) is 0 Å². The van der Waals surface area contributed by atoms with Crippen LogP contribution in [0.25, 0.3) is 6.08 Å². The standard InChI is InChI=1S/C28H25F3N2O5S.C2H6/c1-2-4-20(28(29,30)31)5-3-6-22-11-12-23(39-22)18-37-21-9-7-19(8-10-21)24(25-13-15-38-32-25)17-26(34)33-14-16-36-27(33)35;1-2/h2-13,15,24H,14,16-18H2,1H3;1-2H3/b4-2-,6-3+,20-5+;. The summed E-state index contributed by atoms with van der Waals surface area (Å²) in [5.74, 6) is -0.188. The molecule has 3 heterocycles. The number of nitrogens with zero attached hydrogens (tertiary/aromatic N) is 2. The van der Waals surface area contributed by atoms with Crippen molar-refractivity contribution in [1.29, 1.82) is 0 Å². The van der Waals surface area contributed by atoms with Crippen LogP contribution in [0.4, 0.5) is 18.0 Å². The van der Waals surface area contributed by atoms with Crippen LogP contribution in [-0.4, -0.2) is 41.4 Å². The molecule has 0 spiro atoms. The molecule has 7 nitrogen and oxygen atoms in total. The minimum Gasteiger partial charge on any atom is -0.488 e. The van der Waals surface area contributed by atoms with E-state index in [0.29, 0.717) is 11.4 Å². The van der Waals surface area contributed by atoms with Crippen molar-refractivity contribution in [2.45, 2.75) is 45.9 Å². The zero-order valence-corrected chi connectivity index (χ0v) is 23.7. The number of rotatable bonds is 10. The Morgan fingerprint density at radius 2 is 1.93 bits per heavy atom. The SMILES string of the molecule is CC.C\C=C/C(=C\C=C\c1ccc(COc2ccc(C(CC(=O)N3CCOC3=O)c3ccon3)cc2)s1)C(F)(F)F. The average Bonchev–Trinajstić information content (AvgIpc) is 3.74. The molecule has 0 saturated carbocycles. The summed E-state index contributed by atoms with van der Waals surface area (Å²) in [4.78, 5) is 27.3. The van der Waals surface area contributed by atoms with Crippen molar-refractivity contribution >= 4 is 29.4 Å². The van der Waals surface area contributed by atoms with Crippen LogP contribution in [0.15, 0.2) is 83.1 Å². The molecule has 1 aliphatic rings. The molecule has 41 heavy (non-hydrogen) atoms. The minimum absolute atomic E-state index is 0.0156. The van der Waals surface area contributed by atoms with Gasteiger partial charge in [-0.15, -0.1) is 11.3 Å². The number of alkyl halides is 3. The lowest BCUT2D eigenvalue weighted by molar-refractivity contribution is -0.128. The van der Waals surface area contributed by atoms with Gasteiger partial charge in [0.15, 0.2) is 0 Å². The number of amides is 2. The summed E-state index contributed by atoms with van der Waals surface area (Å²) in [6.45, 7) is 6.22. The number of hydrogen-bond acceptors (Lipinski definition) is 7. The zero-order chi connectivity index (χ0) is 29.8. The maximum atomic E-state index is 13.0. The van der Waals surface area contributed by atoms with Crippen LogP contribution in [0, 0.1) is 0 Å². The summed E-state index contributed by atoms with van der Waals surface area (Å²) < 4.78 is 54.6. The first-order chi connectivity index (χ1) is 19.7. The summed E-state index contributed by atoms with van der Waals surface area (Å²) in [6.07, 6.45) is 2.78. The van der Waals surface area contributed by atoms with Crippen LogP contribution in [0.1, 0.15) is 54.1 Å². The molecular weight excluding hydrogens is 557 g/mol. The Labute approximate surface area is 240 Å². The van der Waals surface area contributed by atoms with E-state index >= 15 is 0 Å². The number of benzene rings is 1. The predicted octanol–water partition coefficient (Wildman–Crippen LogP) is 7.92. The Balaban J connectivity index is 0.00000226. The first-order valence-corrected chi connectivity index (χ1v) is 13.8. The minimum atomic E-state index is -4.41. The molecule has 2 amide bonds. The molecule has 0 aliphatic carbocycles. The second-order valence-corrected chi connectivity index (χ2v) is 9.68. The first kappa shape index (κ1) is 31.4. The van der Waals surface area contributed by atoms with Gasteiger partial charge in [0, 0.05) is 28.2 Å². The van der Waals surface area contributed by atoms with Gasteiger partial charge in [-0.3, -0.25) is 4.79 Å². The van der Waals surface area contributed by atoms with Gasteiger partial charge in [0.1, 0.15) is 25.2 Å². The van der Waals surface area contributed by atoms with Gasteiger partial charge in [0.2, 0.25) is 5.91 Å². The molecule has 1 aliphatic heterocycles. The topological polar surface area (TPSA) is 81.9 Å². The number of allylic oxidation sites excluding steroid dienone is 5. The highest BCUT2D eigenvalue weighted by atomic mass is 32.1. The summed E-state index contributed by atoms with van der Waals surface area (Å²) in [5.41, 5.74) is 0.634. The van der Waals surface area contributed by atoms with E-state index in [4.69, 9.17) is 14.0 Å². The van der Waals surface area contributed by atoms with Crippen LogP contribution < -0.4 is 4.74 Å². The van der Waals surface area contributed by atoms with Gasteiger partial charge in [-0.25, -0.2) is 9.69 Å². The Morgan fingerprint density at radius 3 is 2.54 bits per heavy atom. The van der Waals surface area contributed by atoms with E-state index in [9.17, 15) is 22.8 Å². The van der Waals surface area contributed by atoms with Crippen molar-refractivity contribution in [3.8, 4) is 5.75 Å². The molecule has 3 aromatic rings. The largest absolute Gasteiger partial charge is 0.488 e. The van der Waals surface area contributed by atoms with Crippen molar-refractivity contribution in [3.63, 3.8) is 0 Å². The van der Waals surface area contributed by atoms with Gasteiger partial charge in [-0.05, 0) is 48.9 Å². The number of thiophene rings is 1. The highest BCUT2D eigenvalue weighted by Crippen LogP contribution is 2.30. The Morgan fingerprint density at radius 1 is 1.17 bits per heavy atom. The van der Waals surface area contributed by atoms with E-state index in [1.807, 2.05) is 38.1 Å². The summed E-state index contributed by atoms with van der Waals surface area (Å²) >= 11 is 1.41. The number of imide groups is 1. The van der Waals surface area contributed by atoms with Crippen LogP contribution >= 0.6 is 11.3 Å². The Kier molecular flexibility index (Phi) is 11.5. The van der Waals surface area contributed by atoms with Crippen LogP contribution in [0.5, 0.6) is 5.75 Å². The molecule has 1 saturated heterocycles. The zero-order valence-electron chi connectivity index (χ0n) is 22.9. The highest BCUT2D eigenvalue weighted by molar-refractivity contribution is 7.12. The molecule has 1 fully saturated rings. The Hall–Kier alpha value is -4.12. The molecule has 1 atom stereocenters. The van der Waals surface area contributed by atoms with Crippen molar-refractivity contribution in [3.05, 3.63) is 99.6 Å². The highest BCUT2D eigenvalue weighted by Gasteiger charge is 2.32. The van der Waals surface area contributed by atoms with Crippen molar-refractivity contribution < 1.29 is 36.8 Å². The molecule has 0 N–H and O–H groups in total. The van der Waals surface area contributed by atoms with Gasteiger partial charge < -0.3 is 14.0 Å². The second-order valence-electron chi connectivity index (χ2n) is 8.48. The third-order valence-corrected chi connectivity index (χ3v) is 6.84. The molecular formula is C30H31F3N2O5S. The number of carbonyl (C=O) groups excluding carboxylic acids is 2. The lowest BCUT2D eigenvalue weighted by atomic mass is 9.92. The number of carbonyl (C=O) groups is 2. The Bertz CT molecular complexity index is 1360. The van der Waals surface area contributed by atoms with E-state index in [1.54, 1.807) is 24.3 Å². The number of hydrogen-bond donors (Lipinski definition) is 0. The molecule has 218 valence electrons. The third-order valence-electron chi connectivity index (χ3n) is 5.81. The summed E-state index contributed by atoms with van der Waals surface area (Å²) in [7, 11) is 0. The van der Waals surface area contributed by atoms with E-state index in [1.165, 1.54) is 36.7 Å². The monoisotopic (exact) mass is 588 g/mol. The molecule has 1 unspecified atom stereocenters. The van der Waals surface area contributed by atoms with E-state index in [2.05, 4.69) is 5.16 Å². The lowest BCUT2D eigenvalue weighted by Gasteiger charge is -2.18. The summed E-state index contributed by atoms with van der Waals surface area (Å²) in [6, 6.07) is 12.5. The van der Waals surface area contributed by atoms with Crippen LogP contribution in [0.2, 0.25) is 0 Å². The molecule has 0 radical (unpaired) electrons. The molecule has 2 aromatic heterocycles. The van der Waals surface area contributed by atoms with Crippen molar-refractivity contribution in [2.75, 3.05) is 13.2 Å². The van der Waals surface area contributed by atoms with Crippen molar-refractivity contribution in [2.24, 2.45) is 0 Å². The number of ether oxygens (including phenoxy) is 2. The quantitative estimate of drug-likeness (QED) is 0.224. The van der Waals surface area contributed by atoms with E-state index in [0.717, 1.165) is 32.4 Å². The number of halogens is 3. The first-order valence-electron chi connectivity index (χ1n) is 13.0. The van der Waals surface area contributed by atoms with Gasteiger partial charge in [-0.2, -0.15) is 13.2 Å². The van der Waals surface area contributed by atoms with Gasteiger partial charge in [0.05, 0.1) is 17.8 Å². The fraction of sp³-hybridized carbons (Fsp3) is 0.300. The predicted molar refractivity (Wildman–Crippen MR) is 150 cm³/mol. The average molecular weight is 589 g/mol. The summed E-state index contributed by atoms with van der Waals surface area (Å²) in [5, 5.41) is 3.98.